The van der Waals surface area contributed by atoms with Crippen LogP contribution in [0.2, 0.25) is 0 Å². The average Bonchev–Trinajstić information content (AvgIpc) is 2.54. The lowest BCUT2D eigenvalue weighted by Gasteiger charge is -2.20. The van der Waals surface area contributed by atoms with Crippen LogP contribution in [0, 0.1) is 0 Å². The number of nitrogens with one attached hydrogen (secondary N) is 3. The molecular formula is C16H23N4O2+. The average molecular weight is 303 g/mol. The number of amides is 2. The molecule has 6 nitrogen and oxygen atoms in total. The first-order valence-corrected chi connectivity index (χ1v) is 7.59. The molecule has 0 aromatic heterocycles. The second-order valence-electron chi connectivity index (χ2n) is 5.68. The van der Waals surface area contributed by atoms with E-state index in [4.69, 9.17) is 0 Å². The quantitative estimate of drug-likeness (QED) is 0.527. The zero-order chi connectivity index (χ0) is 15.9. The molecule has 1 aromatic rings. The van der Waals surface area contributed by atoms with E-state index in [2.05, 4.69) is 22.9 Å². The van der Waals surface area contributed by atoms with Crippen LogP contribution in [-0.2, 0) is 9.59 Å². The van der Waals surface area contributed by atoms with Gasteiger partial charge in [0.05, 0.1) is 26.2 Å². The summed E-state index contributed by atoms with van der Waals surface area (Å²) in [7, 11) is 2.13. The first kappa shape index (κ1) is 16.2. The van der Waals surface area contributed by atoms with Crippen molar-refractivity contribution in [2.24, 2.45) is 5.10 Å². The van der Waals surface area contributed by atoms with Gasteiger partial charge in [0, 0.05) is 18.6 Å². The summed E-state index contributed by atoms with van der Waals surface area (Å²) < 4.78 is 0. The number of likely N-dealkylation sites (tertiary alicyclic amines) is 1. The number of hydrogen-bond donors (Lipinski definition) is 3. The lowest BCUT2D eigenvalue weighted by Crippen LogP contribution is -3.10. The van der Waals surface area contributed by atoms with Crippen LogP contribution in [0.15, 0.2) is 35.4 Å². The van der Waals surface area contributed by atoms with E-state index in [-0.39, 0.29) is 6.04 Å². The molecule has 1 aliphatic heterocycles. The van der Waals surface area contributed by atoms with Gasteiger partial charge in [-0.2, -0.15) is 5.10 Å². The minimum absolute atomic E-state index is 0.223. The molecule has 0 aliphatic carbocycles. The highest BCUT2D eigenvalue weighted by molar-refractivity contribution is 6.35. The predicted octanol–water partition coefficient (Wildman–Crippen LogP) is -0.355. The predicted molar refractivity (Wildman–Crippen MR) is 84.4 cm³/mol. The molecular weight excluding hydrogens is 280 g/mol. The van der Waals surface area contributed by atoms with Crippen LogP contribution >= 0.6 is 0 Å². The lowest BCUT2D eigenvalue weighted by atomic mass is 10.1. The molecule has 1 aliphatic rings. The van der Waals surface area contributed by atoms with Crippen molar-refractivity contribution in [2.75, 3.05) is 20.1 Å². The van der Waals surface area contributed by atoms with E-state index >= 15 is 0 Å². The summed E-state index contributed by atoms with van der Waals surface area (Å²) in [4.78, 5) is 25.1. The van der Waals surface area contributed by atoms with Gasteiger partial charge in [-0.1, -0.05) is 30.3 Å². The maximum atomic E-state index is 11.9. The Morgan fingerprint density at radius 3 is 2.41 bits per heavy atom. The molecule has 1 heterocycles. The van der Waals surface area contributed by atoms with Crippen LogP contribution in [0.4, 0.5) is 0 Å². The molecule has 2 rings (SSSR count). The Balaban J connectivity index is 1.82. The molecule has 0 radical (unpaired) electrons. The fraction of sp³-hybridized carbons (Fsp3) is 0.438. The molecule has 22 heavy (non-hydrogen) atoms. The molecule has 1 fully saturated rings. The van der Waals surface area contributed by atoms with E-state index in [9.17, 15) is 9.59 Å². The molecule has 3 N–H and O–H groups in total. The van der Waals surface area contributed by atoms with Gasteiger partial charge in [-0.05, 0) is 12.5 Å². The number of quaternary nitrogens is 1. The monoisotopic (exact) mass is 303 g/mol. The summed E-state index contributed by atoms with van der Waals surface area (Å²) in [6.07, 6.45) is 1.71. The van der Waals surface area contributed by atoms with E-state index in [1.807, 2.05) is 37.3 Å². The van der Waals surface area contributed by atoms with Crippen molar-refractivity contribution in [3.8, 4) is 0 Å². The van der Waals surface area contributed by atoms with Crippen LogP contribution in [0.25, 0.3) is 0 Å². The summed E-state index contributed by atoms with van der Waals surface area (Å²) >= 11 is 0. The molecule has 0 spiro atoms. The Kier molecular flexibility index (Phi) is 5.66. The number of hydrazone groups is 1. The summed E-state index contributed by atoms with van der Waals surface area (Å²) in [6.45, 7) is 3.85. The van der Waals surface area contributed by atoms with Crippen LogP contribution < -0.4 is 15.6 Å². The molecule has 1 aromatic carbocycles. The van der Waals surface area contributed by atoms with Gasteiger partial charge < -0.3 is 10.2 Å². The smallest absolute Gasteiger partial charge is 0.329 e. The fourth-order valence-electron chi connectivity index (χ4n) is 2.34. The van der Waals surface area contributed by atoms with Crippen molar-refractivity contribution in [3.05, 3.63) is 35.9 Å². The summed E-state index contributed by atoms with van der Waals surface area (Å²) in [5.74, 6) is -1.39. The van der Waals surface area contributed by atoms with Crippen molar-refractivity contribution in [3.63, 3.8) is 0 Å². The highest BCUT2D eigenvalue weighted by atomic mass is 16.2. The van der Waals surface area contributed by atoms with Crippen molar-refractivity contribution in [1.29, 1.82) is 0 Å². The van der Waals surface area contributed by atoms with Gasteiger partial charge >= 0.3 is 11.8 Å². The van der Waals surface area contributed by atoms with Crippen LogP contribution in [0.5, 0.6) is 0 Å². The Morgan fingerprint density at radius 2 is 1.77 bits per heavy atom. The Hall–Kier alpha value is -2.21. The van der Waals surface area contributed by atoms with Gasteiger partial charge in [-0.3, -0.25) is 9.59 Å². The zero-order valence-corrected chi connectivity index (χ0v) is 13.1. The number of benzene rings is 1. The van der Waals surface area contributed by atoms with Gasteiger partial charge in [-0.25, -0.2) is 5.43 Å². The summed E-state index contributed by atoms with van der Waals surface area (Å²) in [5, 5.41) is 6.73. The number of rotatable bonds is 3. The largest absolute Gasteiger partial charge is 0.341 e. The Labute approximate surface area is 130 Å². The van der Waals surface area contributed by atoms with Crippen molar-refractivity contribution in [1.82, 2.24) is 10.7 Å². The standard InChI is InChI=1S/C16H22N4O2/c1-12(13-6-4-3-5-7-13)17-15(21)16(22)19-18-14-8-10-20(2)11-9-14/h3-7,12H,8-11H2,1-2H3,(H,17,21)(H,19,22)/p+1/t12-/m0/s1. The first-order valence-electron chi connectivity index (χ1n) is 7.59. The number of nitrogens with zero attached hydrogens (tertiary/aromatic N) is 1. The van der Waals surface area contributed by atoms with Gasteiger partial charge in [-0.15, -0.1) is 0 Å². The zero-order valence-electron chi connectivity index (χ0n) is 13.1. The second kappa shape index (κ2) is 7.70. The van der Waals surface area contributed by atoms with Crippen molar-refractivity contribution < 1.29 is 14.5 Å². The van der Waals surface area contributed by atoms with E-state index in [1.165, 1.54) is 4.90 Å². The second-order valence-corrected chi connectivity index (χ2v) is 5.68. The summed E-state index contributed by atoms with van der Waals surface area (Å²) in [5.41, 5.74) is 4.25. The maximum Gasteiger partial charge on any atom is 0.329 e. The van der Waals surface area contributed by atoms with Crippen molar-refractivity contribution in [2.45, 2.75) is 25.8 Å². The summed E-state index contributed by atoms with van der Waals surface area (Å²) in [6, 6.07) is 9.29. The van der Waals surface area contributed by atoms with E-state index in [1.54, 1.807) is 0 Å². The number of piperidine rings is 1. The number of carbonyl (C=O) groups is 2. The molecule has 1 saturated heterocycles. The molecule has 2 amide bonds. The van der Waals surface area contributed by atoms with E-state index in [0.717, 1.165) is 37.2 Å². The van der Waals surface area contributed by atoms with E-state index < -0.39 is 11.8 Å². The third-order valence-electron chi connectivity index (χ3n) is 3.85. The minimum Gasteiger partial charge on any atom is -0.341 e. The molecule has 118 valence electrons. The Morgan fingerprint density at radius 1 is 1.14 bits per heavy atom. The number of hydrogen-bond acceptors (Lipinski definition) is 3. The SMILES string of the molecule is C[C@H](NC(=O)C(=O)NN=C1CC[NH+](C)CC1)c1ccccc1. The minimum atomic E-state index is -0.721. The van der Waals surface area contributed by atoms with Gasteiger partial charge in [0.1, 0.15) is 0 Å². The molecule has 0 saturated carbocycles. The van der Waals surface area contributed by atoms with Crippen LogP contribution in [0.3, 0.4) is 0 Å². The topological polar surface area (TPSA) is 75.0 Å². The van der Waals surface area contributed by atoms with Gasteiger partial charge in [0.15, 0.2) is 0 Å². The molecule has 0 bridgehead atoms. The molecule has 0 unspecified atom stereocenters. The van der Waals surface area contributed by atoms with Crippen LogP contribution in [-0.4, -0.2) is 37.7 Å². The molecule has 1 atom stereocenters. The third kappa shape index (κ3) is 4.66. The van der Waals surface area contributed by atoms with Gasteiger partial charge in [0.2, 0.25) is 0 Å². The number of carbonyl (C=O) groups excluding carboxylic acids is 2. The first-order chi connectivity index (χ1) is 10.6. The maximum absolute atomic E-state index is 11.9. The van der Waals surface area contributed by atoms with Gasteiger partial charge in [0.25, 0.3) is 0 Å². The third-order valence-corrected chi connectivity index (χ3v) is 3.85. The highest BCUT2D eigenvalue weighted by Crippen LogP contribution is 2.10. The Bertz CT molecular complexity index is 547. The van der Waals surface area contributed by atoms with Crippen LogP contribution in [0.1, 0.15) is 31.4 Å². The van der Waals surface area contributed by atoms with E-state index in [0.29, 0.717) is 0 Å². The lowest BCUT2D eigenvalue weighted by molar-refractivity contribution is -0.880. The highest BCUT2D eigenvalue weighted by Gasteiger charge is 2.18. The van der Waals surface area contributed by atoms with Crippen molar-refractivity contribution >= 4 is 17.5 Å². The normalized spacial score (nSPS) is 19.2. The fourth-order valence-corrected chi connectivity index (χ4v) is 2.34. The molecule has 6 heteroatoms.